The monoisotopic (exact) mass is 364 g/mol. The van der Waals surface area contributed by atoms with E-state index in [0.717, 1.165) is 12.8 Å². The molecule has 4 N–H and O–H groups in total. The van der Waals surface area contributed by atoms with Gasteiger partial charge in [-0.2, -0.15) is 0 Å². The first-order chi connectivity index (χ1) is 12.0. The number of thiazole rings is 1. The minimum Gasteiger partial charge on any atom is -0.490 e. The van der Waals surface area contributed by atoms with Gasteiger partial charge in [0.05, 0.1) is 12.8 Å². The van der Waals surface area contributed by atoms with Crippen LogP contribution in [0.5, 0.6) is 16.6 Å². The number of ether oxygens (including phenoxy) is 2. The van der Waals surface area contributed by atoms with Crippen molar-refractivity contribution < 1.29 is 14.3 Å². The maximum atomic E-state index is 12.1. The van der Waals surface area contributed by atoms with E-state index in [9.17, 15) is 4.79 Å². The Hall–Kier alpha value is -2.48. The Morgan fingerprint density at radius 3 is 2.64 bits per heavy atom. The quantitative estimate of drug-likeness (QED) is 0.651. The molecule has 0 atom stereocenters. The van der Waals surface area contributed by atoms with Gasteiger partial charge in [-0.1, -0.05) is 25.2 Å². The predicted molar refractivity (Wildman–Crippen MR) is 101 cm³/mol. The lowest BCUT2D eigenvalue weighted by atomic mass is 10.2. The van der Waals surface area contributed by atoms with Crippen LogP contribution in [0.15, 0.2) is 24.4 Å². The van der Waals surface area contributed by atoms with Gasteiger partial charge in [-0.3, -0.25) is 0 Å². The number of urea groups is 1. The van der Waals surface area contributed by atoms with Gasteiger partial charge in [0, 0.05) is 17.8 Å². The van der Waals surface area contributed by atoms with Gasteiger partial charge in [0.15, 0.2) is 16.6 Å². The Balaban J connectivity index is 2.10. The molecule has 2 rings (SSSR count). The first kappa shape index (κ1) is 18.9. The van der Waals surface area contributed by atoms with Crippen molar-refractivity contribution >= 4 is 28.2 Å². The highest BCUT2D eigenvalue weighted by atomic mass is 32.1. The van der Waals surface area contributed by atoms with Crippen molar-refractivity contribution in [3.05, 3.63) is 24.4 Å². The number of nitrogens with zero attached hydrogens (tertiary/aromatic N) is 1. The van der Waals surface area contributed by atoms with Crippen molar-refractivity contribution in [2.24, 2.45) is 0 Å². The molecule has 0 spiro atoms. The number of nitrogens with two attached hydrogens (primary N) is 1. The SMILES string of the molecule is CCOc1cc(NC(=O)NC(CC)CC)ccc1Oc1cnc(N)s1. The van der Waals surface area contributed by atoms with Crippen molar-refractivity contribution in [3.63, 3.8) is 0 Å². The molecule has 1 aromatic heterocycles. The summed E-state index contributed by atoms with van der Waals surface area (Å²) in [6.07, 6.45) is 3.34. The molecule has 0 aliphatic carbocycles. The zero-order valence-electron chi connectivity index (χ0n) is 14.7. The molecule has 1 heterocycles. The number of hydrogen-bond acceptors (Lipinski definition) is 6. The van der Waals surface area contributed by atoms with Gasteiger partial charge >= 0.3 is 6.03 Å². The number of rotatable bonds is 8. The maximum absolute atomic E-state index is 12.1. The molecular weight excluding hydrogens is 340 g/mol. The van der Waals surface area contributed by atoms with E-state index in [-0.39, 0.29) is 12.1 Å². The molecule has 0 bridgehead atoms. The third-order valence-electron chi connectivity index (χ3n) is 3.54. The highest BCUT2D eigenvalue weighted by Crippen LogP contribution is 2.36. The first-order valence-electron chi connectivity index (χ1n) is 8.29. The summed E-state index contributed by atoms with van der Waals surface area (Å²) < 4.78 is 11.4. The lowest BCUT2D eigenvalue weighted by molar-refractivity contribution is 0.247. The molecule has 2 amide bonds. The van der Waals surface area contributed by atoms with E-state index in [0.29, 0.717) is 34.0 Å². The Labute approximate surface area is 151 Å². The minimum absolute atomic E-state index is 0.158. The fourth-order valence-electron chi connectivity index (χ4n) is 2.21. The number of hydrogen-bond donors (Lipinski definition) is 3. The molecule has 0 radical (unpaired) electrons. The number of amides is 2. The van der Waals surface area contributed by atoms with Crippen molar-refractivity contribution in [2.75, 3.05) is 17.7 Å². The molecule has 0 saturated heterocycles. The van der Waals surface area contributed by atoms with E-state index >= 15 is 0 Å². The molecule has 0 unspecified atom stereocenters. The molecule has 0 fully saturated rings. The Kier molecular flexibility index (Phi) is 6.88. The summed E-state index contributed by atoms with van der Waals surface area (Å²) in [6, 6.07) is 5.16. The van der Waals surface area contributed by atoms with Crippen LogP contribution in [0.3, 0.4) is 0 Å². The van der Waals surface area contributed by atoms with Gasteiger partial charge in [0.25, 0.3) is 0 Å². The van der Waals surface area contributed by atoms with Gasteiger partial charge in [-0.05, 0) is 31.9 Å². The molecule has 0 aliphatic heterocycles. The van der Waals surface area contributed by atoms with Gasteiger partial charge in [0.1, 0.15) is 0 Å². The van der Waals surface area contributed by atoms with Crippen LogP contribution >= 0.6 is 11.3 Å². The second-order valence-corrected chi connectivity index (χ2v) is 6.35. The topological polar surface area (TPSA) is 98.5 Å². The number of carbonyl (C=O) groups excluding carboxylic acids is 1. The van der Waals surface area contributed by atoms with Crippen LogP contribution in [-0.2, 0) is 0 Å². The second-order valence-electron chi connectivity index (χ2n) is 5.33. The summed E-state index contributed by atoms with van der Waals surface area (Å²) in [6.45, 7) is 6.44. The first-order valence-corrected chi connectivity index (χ1v) is 9.10. The summed E-state index contributed by atoms with van der Waals surface area (Å²) in [5.41, 5.74) is 6.24. The Morgan fingerprint density at radius 2 is 2.04 bits per heavy atom. The summed E-state index contributed by atoms with van der Waals surface area (Å²) >= 11 is 1.25. The zero-order chi connectivity index (χ0) is 18.2. The lowest BCUT2D eigenvalue weighted by Gasteiger charge is -2.16. The molecule has 7 nitrogen and oxygen atoms in total. The molecule has 0 saturated carbocycles. The van der Waals surface area contributed by atoms with Crippen LogP contribution in [0.4, 0.5) is 15.6 Å². The third kappa shape index (κ3) is 5.53. The van der Waals surface area contributed by atoms with Gasteiger partial charge < -0.3 is 25.8 Å². The van der Waals surface area contributed by atoms with Crippen LogP contribution in [-0.4, -0.2) is 23.7 Å². The van der Waals surface area contributed by atoms with E-state index in [4.69, 9.17) is 15.2 Å². The Bertz CT molecular complexity index is 701. The lowest BCUT2D eigenvalue weighted by Crippen LogP contribution is -2.37. The summed E-state index contributed by atoms with van der Waals surface area (Å²) in [4.78, 5) is 16.0. The Morgan fingerprint density at radius 1 is 1.28 bits per heavy atom. The normalized spacial score (nSPS) is 10.6. The van der Waals surface area contributed by atoms with E-state index in [1.807, 2.05) is 20.8 Å². The van der Waals surface area contributed by atoms with Crippen LogP contribution in [0, 0.1) is 0 Å². The fraction of sp³-hybridized carbons (Fsp3) is 0.412. The van der Waals surface area contributed by atoms with E-state index in [1.165, 1.54) is 11.3 Å². The van der Waals surface area contributed by atoms with Gasteiger partial charge in [-0.25, -0.2) is 9.78 Å². The molecule has 2 aromatic rings. The zero-order valence-corrected chi connectivity index (χ0v) is 15.5. The molecule has 8 heteroatoms. The standard InChI is InChI=1S/C17H24N4O3S/c1-4-11(5-2)20-17(22)21-12-7-8-13(14(9-12)23-6-3)24-15-10-19-16(18)25-15/h7-11H,4-6H2,1-3H3,(H2,18,19)(H2,20,21,22). The van der Waals surface area contributed by atoms with E-state index in [2.05, 4.69) is 15.6 Å². The maximum Gasteiger partial charge on any atom is 0.319 e. The fourth-order valence-corrected chi connectivity index (χ4v) is 2.76. The van der Waals surface area contributed by atoms with Crippen LogP contribution < -0.4 is 25.8 Å². The largest absolute Gasteiger partial charge is 0.490 e. The van der Waals surface area contributed by atoms with E-state index in [1.54, 1.807) is 24.4 Å². The number of anilines is 2. The van der Waals surface area contributed by atoms with Crippen molar-refractivity contribution in [2.45, 2.75) is 39.7 Å². The van der Waals surface area contributed by atoms with Gasteiger partial charge in [0.2, 0.25) is 5.06 Å². The minimum atomic E-state index is -0.236. The van der Waals surface area contributed by atoms with Crippen molar-refractivity contribution in [1.29, 1.82) is 0 Å². The molecule has 25 heavy (non-hydrogen) atoms. The predicted octanol–water partition coefficient (Wildman–Crippen LogP) is 4.23. The number of nitrogen functional groups attached to an aromatic ring is 1. The third-order valence-corrected chi connectivity index (χ3v) is 4.24. The average molecular weight is 364 g/mol. The summed E-state index contributed by atoms with van der Waals surface area (Å²) in [5.74, 6) is 1.08. The second kappa shape index (κ2) is 9.12. The van der Waals surface area contributed by atoms with Crippen molar-refractivity contribution in [3.8, 4) is 16.6 Å². The highest BCUT2D eigenvalue weighted by molar-refractivity contribution is 7.17. The number of nitrogens with one attached hydrogen (secondary N) is 2. The molecule has 136 valence electrons. The number of benzene rings is 1. The smallest absolute Gasteiger partial charge is 0.319 e. The molecular formula is C17H24N4O3S. The summed E-state index contributed by atoms with van der Waals surface area (Å²) in [5, 5.41) is 6.76. The van der Waals surface area contributed by atoms with Gasteiger partial charge in [-0.15, -0.1) is 0 Å². The molecule has 0 aliphatic rings. The van der Waals surface area contributed by atoms with Crippen LogP contribution in [0.2, 0.25) is 0 Å². The number of aromatic nitrogens is 1. The highest BCUT2D eigenvalue weighted by Gasteiger charge is 2.12. The van der Waals surface area contributed by atoms with Crippen LogP contribution in [0.25, 0.3) is 0 Å². The van der Waals surface area contributed by atoms with Crippen molar-refractivity contribution in [1.82, 2.24) is 10.3 Å². The number of carbonyl (C=O) groups is 1. The van der Waals surface area contributed by atoms with E-state index < -0.39 is 0 Å². The van der Waals surface area contributed by atoms with Crippen LogP contribution in [0.1, 0.15) is 33.6 Å². The summed E-state index contributed by atoms with van der Waals surface area (Å²) in [7, 11) is 0. The average Bonchev–Trinajstić information content (AvgIpc) is 3.00. The molecule has 1 aromatic carbocycles.